The van der Waals surface area contributed by atoms with Crippen LogP contribution < -0.4 is 10.2 Å². The van der Waals surface area contributed by atoms with Crippen LogP contribution in [-0.2, 0) is 9.59 Å². The number of hydrogen-bond acceptors (Lipinski definition) is 3. The van der Waals surface area contributed by atoms with Crippen LogP contribution in [0, 0.1) is 0 Å². The Labute approximate surface area is 144 Å². The molecule has 4 rings (SSSR count). The summed E-state index contributed by atoms with van der Waals surface area (Å²) in [5.41, 5.74) is 3.05. The monoisotopic (exact) mass is 329 g/mol. The minimum Gasteiger partial charge on any atom is -0.323 e. The second-order valence-electron chi connectivity index (χ2n) is 5.75. The minimum absolute atomic E-state index is 0.00791. The maximum atomic E-state index is 12.7. The third-order valence-corrected chi connectivity index (χ3v) is 4.11. The fourth-order valence-corrected chi connectivity index (χ4v) is 2.94. The zero-order valence-corrected chi connectivity index (χ0v) is 13.3. The van der Waals surface area contributed by atoms with Crippen molar-refractivity contribution in [2.75, 3.05) is 16.8 Å². The molecule has 0 bridgehead atoms. The molecule has 2 aromatic carbocycles. The third-order valence-electron chi connectivity index (χ3n) is 4.11. The molecule has 0 spiro atoms. The van der Waals surface area contributed by atoms with Crippen LogP contribution in [0.15, 0.2) is 66.9 Å². The first-order chi connectivity index (χ1) is 12.2. The highest BCUT2D eigenvalue weighted by Crippen LogP contribution is 2.29. The number of para-hydroxylation sites is 3. The van der Waals surface area contributed by atoms with E-state index in [1.807, 2.05) is 48.5 Å². The van der Waals surface area contributed by atoms with Crippen molar-refractivity contribution < 1.29 is 9.59 Å². The molecule has 0 saturated carbocycles. The van der Waals surface area contributed by atoms with Gasteiger partial charge >= 0.3 is 0 Å². The Bertz CT molecular complexity index is 1010. The maximum Gasteiger partial charge on any atom is 0.251 e. The van der Waals surface area contributed by atoms with Crippen LogP contribution in [0.3, 0.4) is 0 Å². The molecule has 0 aliphatic carbocycles. The quantitative estimate of drug-likeness (QED) is 0.734. The number of carbonyl (C=O) groups excluding carboxylic acids is 2. The fourth-order valence-electron chi connectivity index (χ4n) is 2.94. The smallest absolute Gasteiger partial charge is 0.251 e. The zero-order valence-electron chi connectivity index (χ0n) is 13.3. The van der Waals surface area contributed by atoms with Gasteiger partial charge in [0, 0.05) is 23.2 Å². The first kappa shape index (κ1) is 15.1. The fraction of sp³-hybridized carbons (Fsp3) is 0.0500. The maximum absolute atomic E-state index is 12.7. The predicted octanol–water partition coefficient (Wildman–Crippen LogP) is 3.23. The molecular formula is C20H15N3O2. The standard InChI is InChI=1S/C20H15N3O2/c24-18-13-23(17-9-2-1-8-16(17)22-18)19(25)11-10-15-6-3-5-14-7-4-12-21-20(14)15/h1-12H,13H2,(H,22,24). The van der Waals surface area contributed by atoms with E-state index in [2.05, 4.69) is 10.3 Å². The van der Waals surface area contributed by atoms with Gasteiger partial charge in [-0.05, 0) is 24.3 Å². The summed E-state index contributed by atoms with van der Waals surface area (Å²) in [6.07, 6.45) is 4.96. The van der Waals surface area contributed by atoms with E-state index >= 15 is 0 Å². The third kappa shape index (κ3) is 2.87. The number of benzene rings is 2. The Hall–Kier alpha value is -3.47. The van der Waals surface area contributed by atoms with Gasteiger partial charge in [-0.25, -0.2) is 0 Å². The number of anilines is 2. The number of carbonyl (C=O) groups is 2. The normalized spacial score (nSPS) is 13.8. The molecule has 0 radical (unpaired) electrons. The van der Waals surface area contributed by atoms with Crippen LogP contribution in [0.5, 0.6) is 0 Å². The van der Waals surface area contributed by atoms with E-state index < -0.39 is 0 Å². The van der Waals surface area contributed by atoms with Gasteiger partial charge in [-0.2, -0.15) is 0 Å². The highest BCUT2D eigenvalue weighted by molar-refractivity contribution is 6.14. The summed E-state index contributed by atoms with van der Waals surface area (Å²) in [4.78, 5) is 30.4. The SMILES string of the molecule is O=C1CN(C(=O)C=Cc2cccc3cccnc23)c2ccccc2N1. The number of pyridine rings is 1. The van der Waals surface area contributed by atoms with Gasteiger partial charge in [-0.1, -0.05) is 36.4 Å². The van der Waals surface area contributed by atoms with Gasteiger partial charge in [0.05, 0.1) is 16.9 Å². The lowest BCUT2D eigenvalue weighted by Gasteiger charge is -2.28. The number of nitrogens with zero attached hydrogens (tertiary/aromatic N) is 2. The van der Waals surface area contributed by atoms with Gasteiger partial charge in [0.1, 0.15) is 6.54 Å². The van der Waals surface area contributed by atoms with E-state index in [0.717, 1.165) is 16.5 Å². The summed E-state index contributed by atoms with van der Waals surface area (Å²) in [7, 11) is 0. The van der Waals surface area contributed by atoms with Crippen molar-refractivity contribution >= 4 is 40.2 Å². The van der Waals surface area contributed by atoms with Crippen molar-refractivity contribution in [3.05, 3.63) is 72.4 Å². The van der Waals surface area contributed by atoms with Crippen molar-refractivity contribution in [2.24, 2.45) is 0 Å². The van der Waals surface area contributed by atoms with E-state index in [1.165, 1.54) is 11.0 Å². The minimum atomic E-state index is -0.241. The van der Waals surface area contributed by atoms with Crippen molar-refractivity contribution in [1.82, 2.24) is 4.98 Å². The van der Waals surface area contributed by atoms with Crippen LogP contribution >= 0.6 is 0 Å². The van der Waals surface area contributed by atoms with Crippen molar-refractivity contribution in [3.63, 3.8) is 0 Å². The van der Waals surface area contributed by atoms with Gasteiger partial charge in [0.25, 0.3) is 5.91 Å². The molecule has 1 aliphatic heterocycles. The Balaban J connectivity index is 1.66. The molecule has 1 N–H and O–H groups in total. The van der Waals surface area contributed by atoms with E-state index in [1.54, 1.807) is 18.3 Å². The van der Waals surface area contributed by atoms with E-state index in [0.29, 0.717) is 11.4 Å². The van der Waals surface area contributed by atoms with Gasteiger partial charge < -0.3 is 5.32 Å². The average molecular weight is 329 g/mol. The van der Waals surface area contributed by atoms with Crippen LogP contribution in [-0.4, -0.2) is 23.3 Å². The Morgan fingerprint density at radius 2 is 1.92 bits per heavy atom. The average Bonchev–Trinajstić information content (AvgIpc) is 2.65. The highest BCUT2D eigenvalue weighted by Gasteiger charge is 2.25. The number of rotatable bonds is 2. The van der Waals surface area contributed by atoms with Gasteiger partial charge in [-0.15, -0.1) is 0 Å². The second kappa shape index (κ2) is 6.20. The number of aromatic nitrogens is 1. The molecule has 2 heterocycles. The lowest BCUT2D eigenvalue weighted by atomic mass is 10.1. The molecule has 1 aliphatic rings. The zero-order chi connectivity index (χ0) is 17.2. The molecule has 0 saturated heterocycles. The largest absolute Gasteiger partial charge is 0.323 e. The Kier molecular flexibility index (Phi) is 3.74. The molecule has 0 unspecified atom stereocenters. The van der Waals surface area contributed by atoms with E-state index in [9.17, 15) is 9.59 Å². The molecule has 1 aromatic heterocycles. The Morgan fingerprint density at radius 3 is 2.84 bits per heavy atom. The van der Waals surface area contributed by atoms with Crippen LogP contribution in [0.1, 0.15) is 5.56 Å². The first-order valence-corrected chi connectivity index (χ1v) is 7.94. The van der Waals surface area contributed by atoms with Gasteiger partial charge in [0.15, 0.2) is 0 Å². The second-order valence-corrected chi connectivity index (χ2v) is 5.75. The molecule has 25 heavy (non-hydrogen) atoms. The van der Waals surface area contributed by atoms with E-state index in [-0.39, 0.29) is 18.4 Å². The molecule has 5 heteroatoms. The van der Waals surface area contributed by atoms with Crippen molar-refractivity contribution in [3.8, 4) is 0 Å². The summed E-state index contributed by atoms with van der Waals surface area (Å²) in [6, 6.07) is 16.9. The van der Waals surface area contributed by atoms with E-state index in [4.69, 9.17) is 0 Å². The topological polar surface area (TPSA) is 62.3 Å². The summed E-state index contributed by atoms with van der Waals surface area (Å²) in [5.74, 6) is -0.442. The Morgan fingerprint density at radius 1 is 1.08 bits per heavy atom. The molecule has 0 atom stereocenters. The highest BCUT2D eigenvalue weighted by atomic mass is 16.2. The molecule has 3 aromatic rings. The number of nitrogens with one attached hydrogen (secondary N) is 1. The molecule has 2 amide bonds. The van der Waals surface area contributed by atoms with Crippen LogP contribution in [0.2, 0.25) is 0 Å². The molecular weight excluding hydrogens is 314 g/mol. The molecule has 5 nitrogen and oxygen atoms in total. The lowest BCUT2D eigenvalue weighted by molar-refractivity contribution is -0.119. The van der Waals surface area contributed by atoms with Crippen LogP contribution in [0.25, 0.3) is 17.0 Å². The van der Waals surface area contributed by atoms with Gasteiger partial charge in [-0.3, -0.25) is 19.5 Å². The van der Waals surface area contributed by atoms with Crippen molar-refractivity contribution in [1.29, 1.82) is 0 Å². The summed E-state index contributed by atoms with van der Waals surface area (Å²) in [5, 5.41) is 3.79. The molecule has 122 valence electrons. The summed E-state index contributed by atoms with van der Waals surface area (Å²) < 4.78 is 0. The van der Waals surface area contributed by atoms with Crippen molar-refractivity contribution in [2.45, 2.75) is 0 Å². The number of hydrogen-bond donors (Lipinski definition) is 1. The summed E-state index contributed by atoms with van der Waals surface area (Å²) in [6.45, 7) is 0.00791. The number of amides is 2. The lowest BCUT2D eigenvalue weighted by Crippen LogP contribution is -2.41. The summed E-state index contributed by atoms with van der Waals surface area (Å²) >= 11 is 0. The predicted molar refractivity (Wildman–Crippen MR) is 98.2 cm³/mol. The van der Waals surface area contributed by atoms with Gasteiger partial charge in [0.2, 0.25) is 5.91 Å². The number of fused-ring (bicyclic) bond motifs is 2. The first-order valence-electron chi connectivity index (χ1n) is 7.94. The van der Waals surface area contributed by atoms with Crippen LogP contribution in [0.4, 0.5) is 11.4 Å². The molecule has 0 fully saturated rings.